The SMILES string of the molecule is CCCCn1c(=O)c2ccccc2n2c(SCC(=O)c3c[nH]c4ccccc34)nnc12. The highest BCUT2D eigenvalue weighted by Crippen LogP contribution is 2.24. The number of para-hydroxylation sites is 2. The van der Waals surface area contributed by atoms with Gasteiger partial charge in [-0.3, -0.25) is 18.6 Å². The standard InChI is InChI=1S/C23H21N5O2S/c1-2-3-12-27-21(30)16-9-5-7-11-19(16)28-22(27)25-26-23(28)31-14-20(29)17-13-24-18-10-6-4-8-15(17)18/h4-11,13,24H,2-3,12,14H2,1H3. The summed E-state index contributed by atoms with van der Waals surface area (Å²) in [5, 5.41) is 10.8. The molecule has 0 saturated heterocycles. The second kappa shape index (κ2) is 8.03. The lowest BCUT2D eigenvalue weighted by Gasteiger charge is -2.10. The number of aromatic nitrogens is 5. The molecule has 3 heterocycles. The van der Waals surface area contributed by atoms with Gasteiger partial charge in [0.2, 0.25) is 5.78 Å². The normalized spacial score (nSPS) is 11.6. The number of Topliss-reactive ketones (excluding diaryl/α,β-unsaturated/α-hetero) is 1. The number of thioether (sulfide) groups is 1. The van der Waals surface area contributed by atoms with E-state index in [-0.39, 0.29) is 17.1 Å². The summed E-state index contributed by atoms with van der Waals surface area (Å²) in [7, 11) is 0. The molecule has 0 radical (unpaired) electrons. The number of benzene rings is 2. The minimum Gasteiger partial charge on any atom is -0.360 e. The average molecular weight is 432 g/mol. The number of aryl methyl sites for hydroxylation is 1. The second-order valence-corrected chi connectivity index (χ2v) is 8.35. The molecule has 1 N–H and O–H groups in total. The van der Waals surface area contributed by atoms with Crippen LogP contribution in [0.5, 0.6) is 0 Å². The van der Waals surface area contributed by atoms with E-state index in [9.17, 15) is 9.59 Å². The van der Waals surface area contributed by atoms with Crippen LogP contribution in [0.3, 0.4) is 0 Å². The molecule has 0 amide bonds. The number of hydrogen-bond donors (Lipinski definition) is 1. The van der Waals surface area contributed by atoms with Gasteiger partial charge in [0.05, 0.1) is 16.7 Å². The smallest absolute Gasteiger partial charge is 0.262 e. The lowest BCUT2D eigenvalue weighted by atomic mass is 10.1. The van der Waals surface area contributed by atoms with Crippen molar-refractivity contribution < 1.29 is 4.79 Å². The van der Waals surface area contributed by atoms with Crippen molar-refractivity contribution in [3.63, 3.8) is 0 Å². The number of hydrogen-bond acceptors (Lipinski definition) is 5. The molecular weight excluding hydrogens is 410 g/mol. The zero-order valence-electron chi connectivity index (χ0n) is 17.0. The number of nitrogens with zero attached hydrogens (tertiary/aromatic N) is 4. The van der Waals surface area contributed by atoms with Crippen LogP contribution in [0, 0.1) is 0 Å². The van der Waals surface area contributed by atoms with Gasteiger partial charge in [-0.1, -0.05) is 55.4 Å². The van der Waals surface area contributed by atoms with E-state index in [4.69, 9.17) is 0 Å². The highest BCUT2D eigenvalue weighted by atomic mass is 32.2. The van der Waals surface area contributed by atoms with Gasteiger partial charge in [0, 0.05) is 29.2 Å². The molecule has 3 aromatic heterocycles. The third-order valence-corrected chi connectivity index (χ3v) is 6.36. The zero-order chi connectivity index (χ0) is 21.4. The lowest BCUT2D eigenvalue weighted by molar-refractivity contribution is 0.102. The molecule has 0 aliphatic rings. The first-order valence-electron chi connectivity index (χ1n) is 10.3. The van der Waals surface area contributed by atoms with E-state index in [1.54, 1.807) is 10.8 Å². The quantitative estimate of drug-likeness (QED) is 0.307. The number of H-pyrrole nitrogens is 1. The molecule has 0 spiro atoms. The number of rotatable bonds is 7. The maximum atomic E-state index is 13.0. The summed E-state index contributed by atoms with van der Waals surface area (Å²) < 4.78 is 3.57. The lowest BCUT2D eigenvalue weighted by Crippen LogP contribution is -2.23. The Morgan fingerprint density at radius 3 is 2.68 bits per heavy atom. The topological polar surface area (TPSA) is 85.0 Å². The van der Waals surface area contributed by atoms with Crippen LogP contribution in [-0.2, 0) is 6.54 Å². The summed E-state index contributed by atoms with van der Waals surface area (Å²) in [6.45, 7) is 2.67. The molecule has 7 nitrogen and oxygen atoms in total. The van der Waals surface area contributed by atoms with Crippen molar-refractivity contribution in [3.8, 4) is 0 Å². The molecule has 8 heteroatoms. The highest BCUT2D eigenvalue weighted by molar-refractivity contribution is 7.99. The van der Waals surface area contributed by atoms with Crippen LogP contribution in [-0.4, -0.2) is 35.7 Å². The first-order chi connectivity index (χ1) is 15.2. The predicted octanol–water partition coefficient (Wildman–Crippen LogP) is 4.30. The monoisotopic (exact) mass is 431 g/mol. The average Bonchev–Trinajstić information content (AvgIpc) is 3.42. The van der Waals surface area contributed by atoms with Crippen molar-refractivity contribution in [1.82, 2.24) is 24.1 Å². The van der Waals surface area contributed by atoms with Gasteiger partial charge in [-0.05, 0) is 24.6 Å². The van der Waals surface area contributed by atoms with Gasteiger partial charge in [0.25, 0.3) is 5.56 Å². The van der Waals surface area contributed by atoms with E-state index < -0.39 is 0 Å². The minimum absolute atomic E-state index is 0.0165. The predicted molar refractivity (Wildman–Crippen MR) is 123 cm³/mol. The van der Waals surface area contributed by atoms with Crippen molar-refractivity contribution >= 4 is 45.1 Å². The Hall–Kier alpha value is -3.39. The number of unbranched alkanes of at least 4 members (excludes halogenated alkanes) is 1. The summed E-state index contributed by atoms with van der Waals surface area (Å²) in [4.78, 5) is 29.1. The number of ketones is 1. The third-order valence-electron chi connectivity index (χ3n) is 5.44. The van der Waals surface area contributed by atoms with E-state index >= 15 is 0 Å². The molecule has 0 saturated carbocycles. The summed E-state index contributed by atoms with van der Waals surface area (Å²) in [5.74, 6) is 0.757. The van der Waals surface area contributed by atoms with Gasteiger partial charge in [-0.2, -0.15) is 0 Å². The third kappa shape index (κ3) is 3.33. The molecule has 0 atom stereocenters. The molecule has 156 valence electrons. The Kier molecular flexibility index (Phi) is 5.07. The van der Waals surface area contributed by atoms with Crippen LogP contribution in [0.1, 0.15) is 30.1 Å². The van der Waals surface area contributed by atoms with E-state index in [2.05, 4.69) is 22.1 Å². The molecule has 0 fully saturated rings. The number of aromatic amines is 1. The molecule has 31 heavy (non-hydrogen) atoms. The Morgan fingerprint density at radius 2 is 1.84 bits per heavy atom. The maximum Gasteiger partial charge on any atom is 0.262 e. The Morgan fingerprint density at radius 1 is 1.06 bits per heavy atom. The van der Waals surface area contributed by atoms with Crippen LogP contribution in [0.4, 0.5) is 0 Å². The Bertz CT molecular complexity index is 1480. The summed E-state index contributed by atoms with van der Waals surface area (Å²) in [6, 6.07) is 15.2. The highest BCUT2D eigenvalue weighted by Gasteiger charge is 2.18. The minimum atomic E-state index is -0.0598. The summed E-state index contributed by atoms with van der Waals surface area (Å²) in [6.07, 6.45) is 3.61. The molecule has 0 aliphatic heterocycles. The van der Waals surface area contributed by atoms with Gasteiger partial charge in [-0.15, -0.1) is 10.2 Å². The number of nitrogens with one attached hydrogen (secondary N) is 1. The Balaban J connectivity index is 1.54. The first kappa shape index (κ1) is 19.6. The van der Waals surface area contributed by atoms with Crippen molar-refractivity contribution in [2.45, 2.75) is 31.5 Å². The molecule has 0 bridgehead atoms. The van der Waals surface area contributed by atoms with Crippen LogP contribution in [0.2, 0.25) is 0 Å². The fraction of sp³-hybridized carbons (Fsp3) is 0.217. The van der Waals surface area contributed by atoms with Gasteiger partial charge >= 0.3 is 0 Å². The van der Waals surface area contributed by atoms with Gasteiger partial charge in [0.1, 0.15) is 0 Å². The number of carbonyl (C=O) groups is 1. The second-order valence-electron chi connectivity index (χ2n) is 7.41. The maximum absolute atomic E-state index is 13.0. The molecule has 0 unspecified atom stereocenters. The summed E-state index contributed by atoms with van der Waals surface area (Å²) >= 11 is 1.34. The van der Waals surface area contributed by atoms with Crippen molar-refractivity contribution in [1.29, 1.82) is 0 Å². The Labute approximate surface area is 182 Å². The zero-order valence-corrected chi connectivity index (χ0v) is 17.9. The van der Waals surface area contributed by atoms with E-state index in [0.717, 1.165) is 29.3 Å². The molecule has 5 aromatic rings. The van der Waals surface area contributed by atoms with Crippen molar-refractivity contribution in [2.24, 2.45) is 0 Å². The fourth-order valence-electron chi connectivity index (χ4n) is 3.85. The first-order valence-corrected chi connectivity index (χ1v) is 11.3. The van der Waals surface area contributed by atoms with Crippen molar-refractivity contribution in [2.75, 3.05) is 5.75 Å². The van der Waals surface area contributed by atoms with Gasteiger partial charge in [0.15, 0.2) is 10.9 Å². The van der Waals surface area contributed by atoms with Crippen LogP contribution < -0.4 is 5.56 Å². The van der Waals surface area contributed by atoms with E-state index in [1.165, 1.54) is 11.8 Å². The van der Waals surface area contributed by atoms with Crippen LogP contribution >= 0.6 is 11.8 Å². The van der Waals surface area contributed by atoms with Gasteiger partial charge < -0.3 is 4.98 Å². The number of carbonyl (C=O) groups excluding carboxylic acids is 1. The van der Waals surface area contributed by atoms with Crippen LogP contribution in [0.25, 0.3) is 27.6 Å². The number of fused-ring (bicyclic) bond motifs is 4. The fourth-order valence-corrected chi connectivity index (χ4v) is 4.68. The molecule has 5 rings (SSSR count). The largest absolute Gasteiger partial charge is 0.360 e. The molecule has 0 aliphatic carbocycles. The van der Waals surface area contributed by atoms with Crippen LogP contribution in [0.15, 0.2) is 64.7 Å². The van der Waals surface area contributed by atoms with E-state index in [1.807, 2.05) is 52.9 Å². The van der Waals surface area contributed by atoms with Gasteiger partial charge in [-0.25, -0.2) is 0 Å². The molecule has 2 aromatic carbocycles. The summed E-state index contributed by atoms with van der Waals surface area (Å²) in [5.41, 5.74) is 2.30. The van der Waals surface area contributed by atoms with E-state index in [0.29, 0.717) is 28.4 Å². The van der Waals surface area contributed by atoms with Crippen molar-refractivity contribution in [3.05, 3.63) is 70.6 Å². The molecular formula is C23H21N5O2S.